The van der Waals surface area contributed by atoms with Crippen LogP contribution in [-0.4, -0.2) is 55.1 Å². The number of hydrogen-bond donors (Lipinski definition) is 1. The SMILES string of the molecule is CCS(=O)(=O)N1CCC2(CC1)OC(=O)C(C)=C2C(=O)NC(C)C. The lowest BCUT2D eigenvalue weighted by molar-refractivity contribution is -0.150. The summed E-state index contributed by atoms with van der Waals surface area (Å²) in [6.45, 7) is 7.36. The van der Waals surface area contributed by atoms with Crippen LogP contribution in [0.1, 0.15) is 40.5 Å². The second kappa shape index (κ2) is 6.24. The first-order valence-corrected chi connectivity index (χ1v) is 9.47. The molecule has 1 saturated heterocycles. The summed E-state index contributed by atoms with van der Waals surface area (Å²) in [7, 11) is -3.28. The van der Waals surface area contributed by atoms with Crippen molar-refractivity contribution in [3.8, 4) is 0 Å². The number of piperidine rings is 1. The predicted molar refractivity (Wildman–Crippen MR) is 85.1 cm³/mol. The lowest BCUT2D eigenvalue weighted by Crippen LogP contribution is -2.51. The molecule has 0 bridgehead atoms. The molecule has 130 valence electrons. The van der Waals surface area contributed by atoms with Gasteiger partial charge in [-0.05, 0) is 27.7 Å². The fourth-order valence-electron chi connectivity index (χ4n) is 3.12. The van der Waals surface area contributed by atoms with Gasteiger partial charge in [0.1, 0.15) is 5.60 Å². The van der Waals surface area contributed by atoms with Gasteiger partial charge in [-0.3, -0.25) is 4.79 Å². The first kappa shape index (κ1) is 17.9. The smallest absolute Gasteiger partial charge is 0.335 e. The van der Waals surface area contributed by atoms with Crippen molar-refractivity contribution in [2.75, 3.05) is 18.8 Å². The molecule has 1 N–H and O–H groups in total. The van der Waals surface area contributed by atoms with Crippen molar-refractivity contribution in [2.45, 2.75) is 52.2 Å². The maximum Gasteiger partial charge on any atom is 0.335 e. The van der Waals surface area contributed by atoms with Gasteiger partial charge in [0.05, 0.1) is 11.3 Å². The van der Waals surface area contributed by atoms with Crippen molar-refractivity contribution >= 4 is 21.9 Å². The zero-order valence-corrected chi connectivity index (χ0v) is 14.8. The number of sulfonamides is 1. The zero-order valence-electron chi connectivity index (χ0n) is 14.0. The van der Waals surface area contributed by atoms with Gasteiger partial charge in [-0.15, -0.1) is 0 Å². The first-order chi connectivity index (χ1) is 10.6. The fraction of sp³-hybridized carbons (Fsp3) is 0.733. The van der Waals surface area contributed by atoms with Crippen LogP contribution >= 0.6 is 0 Å². The Morgan fingerprint density at radius 3 is 2.39 bits per heavy atom. The Morgan fingerprint density at radius 2 is 1.91 bits per heavy atom. The van der Waals surface area contributed by atoms with E-state index < -0.39 is 21.6 Å². The van der Waals surface area contributed by atoms with Crippen LogP contribution in [-0.2, 0) is 24.3 Å². The van der Waals surface area contributed by atoms with Gasteiger partial charge in [0, 0.05) is 37.5 Å². The van der Waals surface area contributed by atoms with Gasteiger partial charge in [0.2, 0.25) is 10.0 Å². The summed E-state index contributed by atoms with van der Waals surface area (Å²) in [5, 5.41) is 2.80. The number of nitrogens with zero attached hydrogens (tertiary/aromatic N) is 1. The summed E-state index contributed by atoms with van der Waals surface area (Å²) in [4.78, 5) is 24.5. The Kier molecular flexibility index (Phi) is 4.86. The van der Waals surface area contributed by atoms with E-state index in [1.54, 1.807) is 13.8 Å². The highest BCUT2D eigenvalue weighted by Gasteiger charge is 2.51. The standard InChI is InChI=1S/C15H24N2O5S/c1-5-23(20,21)17-8-6-15(7-9-17)12(11(4)14(19)22-15)13(18)16-10(2)3/h10H,5-9H2,1-4H3,(H,16,18). The molecule has 0 aromatic carbocycles. The van der Waals surface area contributed by atoms with Crippen LogP contribution in [0.15, 0.2) is 11.1 Å². The number of ether oxygens (including phenoxy) is 1. The summed E-state index contributed by atoms with van der Waals surface area (Å²) < 4.78 is 30.9. The highest BCUT2D eigenvalue weighted by Crippen LogP contribution is 2.41. The Bertz CT molecular complexity index is 643. The van der Waals surface area contributed by atoms with Crippen LogP contribution in [0.4, 0.5) is 0 Å². The molecule has 0 unspecified atom stereocenters. The van der Waals surface area contributed by atoms with Crippen LogP contribution in [0.3, 0.4) is 0 Å². The van der Waals surface area contributed by atoms with Gasteiger partial charge in [-0.2, -0.15) is 0 Å². The number of nitrogens with one attached hydrogen (secondary N) is 1. The summed E-state index contributed by atoms with van der Waals surface area (Å²) in [5.41, 5.74) is -0.334. The van der Waals surface area contributed by atoms with Gasteiger partial charge in [0.25, 0.3) is 5.91 Å². The molecule has 0 radical (unpaired) electrons. The minimum Gasteiger partial charge on any atom is -0.450 e. The lowest BCUT2D eigenvalue weighted by Gasteiger charge is -2.38. The molecule has 1 spiro atoms. The van der Waals surface area contributed by atoms with E-state index in [0.29, 0.717) is 24.0 Å². The molecule has 0 saturated carbocycles. The number of rotatable bonds is 4. The zero-order chi connectivity index (χ0) is 17.4. The third kappa shape index (κ3) is 3.28. The van der Waals surface area contributed by atoms with Crippen LogP contribution in [0, 0.1) is 0 Å². The molecule has 1 amide bonds. The Hall–Kier alpha value is -1.41. The van der Waals surface area contributed by atoms with Crippen molar-refractivity contribution in [1.29, 1.82) is 0 Å². The minimum absolute atomic E-state index is 0.0371. The quantitative estimate of drug-likeness (QED) is 0.753. The van der Waals surface area contributed by atoms with E-state index in [-0.39, 0.29) is 30.8 Å². The largest absolute Gasteiger partial charge is 0.450 e. The molecule has 0 aromatic heterocycles. The topological polar surface area (TPSA) is 92.8 Å². The molecule has 1 fully saturated rings. The number of amides is 1. The molecule has 0 aliphatic carbocycles. The van der Waals surface area contributed by atoms with Crippen molar-refractivity contribution in [1.82, 2.24) is 9.62 Å². The van der Waals surface area contributed by atoms with Crippen LogP contribution < -0.4 is 5.32 Å². The van der Waals surface area contributed by atoms with E-state index >= 15 is 0 Å². The third-order valence-corrected chi connectivity index (χ3v) is 6.24. The highest BCUT2D eigenvalue weighted by molar-refractivity contribution is 7.89. The van der Waals surface area contributed by atoms with E-state index in [1.165, 1.54) is 4.31 Å². The third-order valence-electron chi connectivity index (χ3n) is 4.36. The molecular weight excluding hydrogens is 320 g/mol. The predicted octanol–water partition coefficient (Wildman–Crippen LogP) is 0.569. The van der Waals surface area contributed by atoms with Crippen LogP contribution in [0.25, 0.3) is 0 Å². The number of hydrogen-bond acceptors (Lipinski definition) is 5. The Labute approximate surface area is 137 Å². The lowest BCUT2D eigenvalue weighted by atomic mass is 9.83. The molecule has 2 aliphatic rings. The minimum atomic E-state index is -3.28. The monoisotopic (exact) mass is 344 g/mol. The number of esters is 1. The van der Waals surface area contributed by atoms with Gasteiger partial charge >= 0.3 is 5.97 Å². The molecule has 2 rings (SSSR count). The van der Waals surface area contributed by atoms with Crippen molar-refractivity contribution in [2.24, 2.45) is 0 Å². The summed E-state index contributed by atoms with van der Waals surface area (Å²) >= 11 is 0. The normalized spacial score (nSPS) is 21.9. The maximum absolute atomic E-state index is 12.5. The average Bonchev–Trinajstić information content (AvgIpc) is 2.69. The van der Waals surface area contributed by atoms with Crippen LogP contribution in [0.5, 0.6) is 0 Å². The summed E-state index contributed by atoms with van der Waals surface area (Å²) in [6.07, 6.45) is 0.603. The van der Waals surface area contributed by atoms with Crippen molar-refractivity contribution < 1.29 is 22.7 Å². The van der Waals surface area contributed by atoms with E-state index in [2.05, 4.69) is 5.32 Å². The van der Waals surface area contributed by atoms with Gasteiger partial charge in [0.15, 0.2) is 0 Å². The molecule has 0 aromatic rings. The van der Waals surface area contributed by atoms with E-state index in [0.717, 1.165) is 0 Å². The highest BCUT2D eigenvalue weighted by atomic mass is 32.2. The van der Waals surface area contributed by atoms with Gasteiger partial charge < -0.3 is 10.1 Å². The number of carbonyl (C=O) groups is 2. The van der Waals surface area contributed by atoms with E-state index in [1.807, 2.05) is 13.8 Å². The van der Waals surface area contributed by atoms with Crippen molar-refractivity contribution in [3.63, 3.8) is 0 Å². The van der Waals surface area contributed by atoms with Crippen molar-refractivity contribution in [3.05, 3.63) is 11.1 Å². The Morgan fingerprint density at radius 1 is 1.35 bits per heavy atom. The fourth-order valence-corrected chi connectivity index (χ4v) is 4.22. The molecular formula is C15H24N2O5S. The second-order valence-electron chi connectivity index (χ2n) is 6.31. The van der Waals surface area contributed by atoms with Crippen LogP contribution in [0.2, 0.25) is 0 Å². The summed E-state index contributed by atoms with van der Waals surface area (Å²) in [5.74, 6) is -0.768. The Balaban J connectivity index is 2.26. The molecule has 23 heavy (non-hydrogen) atoms. The second-order valence-corrected chi connectivity index (χ2v) is 8.57. The van der Waals surface area contributed by atoms with E-state index in [4.69, 9.17) is 4.74 Å². The first-order valence-electron chi connectivity index (χ1n) is 7.86. The molecule has 2 aliphatic heterocycles. The maximum atomic E-state index is 12.5. The number of carbonyl (C=O) groups excluding carboxylic acids is 2. The van der Waals surface area contributed by atoms with Gasteiger partial charge in [-0.25, -0.2) is 17.5 Å². The molecule has 7 nitrogen and oxygen atoms in total. The summed E-state index contributed by atoms with van der Waals surface area (Å²) in [6, 6.07) is -0.0592. The molecule has 0 atom stereocenters. The molecule has 8 heteroatoms. The molecule has 2 heterocycles. The average molecular weight is 344 g/mol. The van der Waals surface area contributed by atoms with E-state index in [9.17, 15) is 18.0 Å². The van der Waals surface area contributed by atoms with Gasteiger partial charge in [-0.1, -0.05) is 0 Å².